The summed E-state index contributed by atoms with van der Waals surface area (Å²) in [7, 11) is 1.83. The van der Waals surface area contributed by atoms with Crippen molar-refractivity contribution in [1.82, 2.24) is 19.7 Å². The molecular formula is C45H61N5O6. The molecule has 0 bridgehead atoms. The lowest BCUT2D eigenvalue weighted by Crippen LogP contribution is -2.66. The molecule has 0 radical (unpaired) electrons. The van der Waals surface area contributed by atoms with Crippen molar-refractivity contribution in [2.24, 2.45) is 63.2 Å². The fraction of sp³-hybridized carbons (Fsp3) is 0.711. The molecule has 2 N–H and O–H groups in total. The number of esters is 1. The Morgan fingerprint density at radius 2 is 1.71 bits per heavy atom. The maximum absolute atomic E-state index is 14.3. The molecule has 0 unspecified atom stereocenters. The van der Waals surface area contributed by atoms with Crippen molar-refractivity contribution in [3.63, 3.8) is 0 Å². The second-order valence-corrected chi connectivity index (χ2v) is 20.4. The van der Waals surface area contributed by atoms with Crippen LogP contribution in [0.3, 0.4) is 0 Å². The van der Waals surface area contributed by atoms with Crippen molar-refractivity contribution in [2.75, 3.05) is 0 Å². The number of hydrogen-bond acceptors (Lipinski definition) is 9. The number of rotatable bonds is 8. The van der Waals surface area contributed by atoms with Gasteiger partial charge in [-0.2, -0.15) is 5.26 Å². The Bertz CT molecular complexity index is 2030. The molecule has 0 spiro atoms. The first-order chi connectivity index (χ1) is 26.1. The van der Waals surface area contributed by atoms with E-state index in [1.807, 2.05) is 7.05 Å². The van der Waals surface area contributed by atoms with Gasteiger partial charge in [-0.15, -0.1) is 10.2 Å². The largest absolute Gasteiger partial charge is 0.481 e. The highest BCUT2D eigenvalue weighted by Gasteiger charge is 2.71. The lowest BCUT2D eigenvalue weighted by Gasteiger charge is -2.72. The van der Waals surface area contributed by atoms with E-state index in [9.17, 15) is 29.9 Å². The minimum Gasteiger partial charge on any atom is -0.481 e. The molecule has 2 aromatic heterocycles. The van der Waals surface area contributed by atoms with Crippen molar-refractivity contribution in [3.8, 4) is 17.6 Å². The second kappa shape index (κ2) is 13.3. The van der Waals surface area contributed by atoms with Gasteiger partial charge in [0.15, 0.2) is 17.4 Å². The Labute approximate surface area is 331 Å². The van der Waals surface area contributed by atoms with Gasteiger partial charge in [-0.05, 0) is 128 Å². The van der Waals surface area contributed by atoms with Crippen LogP contribution in [0.1, 0.15) is 144 Å². The Hall–Kier alpha value is -3.91. The highest BCUT2D eigenvalue weighted by atomic mass is 16.5. The number of nitrogens with zero attached hydrogens (tertiary/aromatic N) is 5. The summed E-state index contributed by atoms with van der Waals surface area (Å²) in [6.07, 6.45) is 7.53. The molecule has 9 atom stereocenters. The van der Waals surface area contributed by atoms with E-state index in [0.29, 0.717) is 41.2 Å². The van der Waals surface area contributed by atoms with Gasteiger partial charge in [-0.1, -0.05) is 48.5 Å². The summed E-state index contributed by atoms with van der Waals surface area (Å²) in [5.41, 5.74) is 0.687. The summed E-state index contributed by atoms with van der Waals surface area (Å²) in [4.78, 5) is 43.6. The van der Waals surface area contributed by atoms with Crippen LogP contribution in [0.25, 0.3) is 11.5 Å². The predicted molar refractivity (Wildman–Crippen MR) is 209 cm³/mol. The average molecular weight is 768 g/mol. The van der Waals surface area contributed by atoms with Crippen LogP contribution in [0.2, 0.25) is 0 Å². The highest BCUT2D eigenvalue weighted by Crippen LogP contribution is 2.77. The Kier molecular flexibility index (Phi) is 9.59. The zero-order valence-electron chi connectivity index (χ0n) is 35.0. The van der Waals surface area contributed by atoms with Crippen LogP contribution < -0.4 is 0 Å². The molecule has 56 heavy (non-hydrogen) atoms. The molecule has 4 fully saturated rings. The van der Waals surface area contributed by atoms with Crippen molar-refractivity contribution in [3.05, 3.63) is 40.9 Å². The van der Waals surface area contributed by atoms with E-state index >= 15 is 0 Å². The minimum absolute atomic E-state index is 0.0109. The second-order valence-electron chi connectivity index (χ2n) is 20.4. The van der Waals surface area contributed by atoms with Gasteiger partial charge in [0.25, 0.3) is 0 Å². The molecular weight excluding hydrogens is 707 g/mol. The number of pyridine rings is 1. The highest BCUT2D eigenvalue weighted by molar-refractivity contribution is 6.00. The monoisotopic (exact) mass is 767 g/mol. The molecule has 2 heterocycles. The Balaban J connectivity index is 1.20. The summed E-state index contributed by atoms with van der Waals surface area (Å²) < 4.78 is 7.96. The summed E-state index contributed by atoms with van der Waals surface area (Å²) in [5.74, 6) is 0.508. The number of Topliss-reactive ketones (excluding diaryl/α,β-unsaturated/α-hetero) is 1. The van der Waals surface area contributed by atoms with E-state index in [-0.39, 0.29) is 58.2 Å². The lowest BCUT2D eigenvalue weighted by atomic mass is 9.33. The molecule has 5 aliphatic rings. The smallest absolute Gasteiger partial charge is 0.309 e. The first-order valence-corrected chi connectivity index (χ1v) is 20.7. The SMILES string of the molecule is CC(C)C1=C2[C@H]3CC[C@@H]4[C@@]5(C)CC[C@H](OC(=O)CC(C)(C)C(=O)O)C(C)(C)[C@@H]5CC[C@@]4(C)[C@]3(C)CC[C@@]2([C@H](O)c2nnc(-c3ccc(C#N)cn3)n2C)CC1=O. The molecule has 7 rings (SSSR count). The van der Waals surface area contributed by atoms with E-state index in [1.165, 1.54) is 6.20 Å². The number of carbonyl (C=O) groups is 3. The number of aliphatic carboxylic acids is 1. The normalized spacial score (nSPS) is 35.5. The third-order valence-electron chi connectivity index (χ3n) is 16.7. The van der Waals surface area contributed by atoms with Crippen LogP contribution in [0, 0.1) is 67.5 Å². The summed E-state index contributed by atoms with van der Waals surface area (Å²) in [5, 5.41) is 40.5. The van der Waals surface area contributed by atoms with Gasteiger partial charge < -0.3 is 19.5 Å². The molecule has 2 aromatic rings. The number of aliphatic hydroxyl groups is 1. The number of carboxylic acids is 1. The number of aromatic nitrogens is 4. The Morgan fingerprint density at radius 3 is 2.34 bits per heavy atom. The molecule has 0 aliphatic heterocycles. The van der Waals surface area contributed by atoms with Crippen molar-refractivity contribution >= 4 is 17.7 Å². The predicted octanol–water partition coefficient (Wildman–Crippen LogP) is 8.18. The number of hydrogen-bond donors (Lipinski definition) is 2. The van der Waals surface area contributed by atoms with E-state index in [1.54, 1.807) is 30.5 Å². The number of fused-ring (bicyclic) bond motifs is 7. The van der Waals surface area contributed by atoms with Crippen LogP contribution in [-0.2, 0) is 26.2 Å². The van der Waals surface area contributed by atoms with E-state index in [2.05, 4.69) is 69.7 Å². The maximum Gasteiger partial charge on any atom is 0.309 e. The molecule has 302 valence electrons. The minimum atomic E-state index is -1.19. The molecule has 0 aromatic carbocycles. The number of allylic oxidation sites excluding steroid dienone is 1. The van der Waals surface area contributed by atoms with E-state index in [4.69, 9.17) is 4.74 Å². The van der Waals surface area contributed by atoms with Crippen LogP contribution in [0.5, 0.6) is 0 Å². The standard InChI is InChI=1S/C45H61N5O6/c1-25(2)34-29(51)21-45(36(53)38-49-48-37(50(38)10)28-13-11-26(23-46)24-47-28)20-19-43(8)27(35(34)45)12-14-31-42(7)17-16-32(56-33(52)22-40(3,4)39(54)55)41(5,6)30(42)15-18-44(31,43)9/h11,13,24-25,27,30-32,36,53H,12,14-22H2,1-10H3,(H,54,55)/t27-,30+,31-,32+,36-,42+,43-,44-,45-/m1/s1. The molecule has 11 heteroatoms. The number of aliphatic hydroxyl groups excluding tert-OH is 1. The van der Waals surface area contributed by atoms with Crippen LogP contribution >= 0.6 is 0 Å². The van der Waals surface area contributed by atoms with E-state index < -0.39 is 28.9 Å². The van der Waals surface area contributed by atoms with Gasteiger partial charge in [0.1, 0.15) is 24.0 Å². The van der Waals surface area contributed by atoms with Crippen LogP contribution in [0.15, 0.2) is 29.5 Å². The summed E-state index contributed by atoms with van der Waals surface area (Å²) >= 11 is 0. The number of ether oxygens (including phenoxy) is 1. The average Bonchev–Trinajstić information content (AvgIpc) is 3.66. The van der Waals surface area contributed by atoms with Gasteiger partial charge >= 0.3 is 11.9 Å². The van der Waals surface area contributed by atoms with Crippen molar-refractivity contribution in [2.45, 2.75) is 139 Å². The van der Waals surface area contributed by atoms with Gasteiger partial charge in [0.05, 0.1) is 17.4 Å². The zero-order chi connectivity index (χ0) is 41.0. The van der Waals surface area contributed by atoms with Gasteiger partial charge in [0.2, 0.25) is 0 Å². The van der Waals surface area contributed by atoms with Crippen LogP contribution in [0.4, 0.5) is 0 Å². The van der Waals surface area contributed by atoms with Gasteiger partial charge in [0, 0.05) is 30.5 Å². The van der Waals surface area contributed by atoms with Crippen LogP contribution in [-0.4, -0.2) is 53.8 Å². The summed E-state index contributed by atoms with van der Waals surface area (Å²) in [6, 6.07) is 5.53. The van der Waals surface area contributed by atoms with Crippen molar-refractivity contribution in [1.29, 1.82) is 5.26 Å². The third kappa shape index (κ3) is 5.66. The van der Waals surface area contributed by atoms with Crippen molar-refractivity contribution < 1.29 is 29.3 Å². The summed E-state index contributed by atoms with van der Waals surface area (Å²) in [6.45, 7) is 19.4. The topological polar surface area (TPSA) is 168 Å². The Morgan fingerprint density at radius 1 is 1.00 bits per heavy atom. The fourth-order valence-electron chi connectivity index (χ4n) is 13.5. The molecule has 5 aliphatic carbocycles. The lowest BCUT2D eigenvalue weighted by molar-refractivity contribution is -0.235. The number of carboxylic acid groups (broad SMARTS) is 1. The first kappa shape index (κ1) is 40.3. The number of nitriles is 1. The molecule has 0 amide bonds. The first-order valence-electron chi connectivity index (χ1n) is 20.7. The zero-order valence-corrected chi connectivity index (χ0v) is 35.0. The third-order valence-corrected chi connectivity index (χ3v) is 16.7. The fourth-order valence-corrected chi connectivity index (χ4v) is 13.5. The van der Waals surface area contributed by atoms with Gasteiger partial charge in [-0.25, -0.2) is 0 Å². The van der Waals surface area contributed by atoms with Gasteiger partial charge in [-0.3, -0.25) is 19.4 Å². The molecule has 0 saturated heterocycles. The molecule has 11 nitrogen and oxygen atoms in total. The number of carbonyl (C=O) groups excluding carboxylic acids is 2. The molecule has 4 saturated carbocycles. The quantitative estimate of drug-likeness (QED) is 0.250. The maximum atomic E-state index is 14.3. The van der Waals surface area contributed by atoms with E-state index in [0.717, 1.165) is 56.1 Å². The number of ketones is 1.